The zero-order valence-electron chi connectivity index (χ0n) is 10.8. The van der Waals surface area contributed by atoms with Crippen LogP contribution >= 0.6 is 0 Å². The molecule has 0 fully saturated rings. The summed E-state index contributed by atoms with van der Waals surface area (Å²) in [5, 5.41) is 12.9. The van der Waals surface area contributed by atoms with Crippen molar-refractivity contribution in [3.8, 4) is 0 Å². The summed E-state index contributed by atoms with van der Waals surface area (Å²) in [6, 6.07) is 9.79. The summed E-state index contributed by atoms with van der Waals surface area (Å²) in [4.78, 5) is 6.20. The van der Waals surface area contributed by atoms with E-state index in [0.717, 1.165) is 5.69 Å². The number of aliphatic hydroxyl groups is 1. The van der Waals surface area contributed by atoms with Crippen molar-refractivity contribution < 1.29 is 14.4 Å². The topological polar surface area (TPSA) is 71.6 Å². The number of aliphatic hydroxyl groups excluding tert-OH is 1. The second-order valence-corrected chi connectivity index (χ2v) is 4.02. The van der Waals surface area contributed by atoms with Crippen LogP contribution in [0.3, 0.4) is 0 Å². The molecule has 0 saturated heterocycles. The van der Waals surface area contributed by atoms with Gasteiger partial charge in [0.15, 0.2) is 5.82 Å². The van der Waals surface area contributed by atoms with Gasteiger partial charge in [-0.2, -0.15) is 4.98 Å². The normalized spacial score (nSPS) is 10.6. The maximum atomic E-state index is 9.14. The van der Waals surface area contributed by atoms with Crippen LogP contribution in [0.5, 0.6) is 0 Å². The number of hydrogen-bond acceptors (Lipinski definition) is 6. The van der Waals surface area contributed by atoms with E-state index >= 15 is 0 Å². The molecule has 1 N–H and O–H groups in total. The van der Waals surface area contributed by atoms with Gasteiger partial charge < -0.3 is 19.3 Å². The summed E-state index contributed by atoms with van der Waals surface area (Å²) in [6.07, 6.45) is 0. The molecule has 102 valence electrons. The summed E-state index contributed by atoms with van der Waals surface area (Å²) in [6.45, 7) is 1.36. The monoisotopic (exact) mass is 263 g/mol. The molecule has 1 aromatic heterocycles. The van der Waals surface area contributed by atoms with E-state index in [1.165, 1.54) is 0 Å². The van der Waals surface area contributed by atoms with Crippen molar-refractivity contribution in [3.05, 3.63) is 42.0 Å². The van der Waals surface area contributed by atoms with E-state index in [-0.39, 0.29) is 6.61 Å². The molecule has 1 aromatic carbocycles. The maximum absolute atomic E-state index is 9.14. The second-order valence-electron chi connectivity index (χ2n) is 4.02. The fourth-order valence-electron chi connectivity index (χ4n) is 1.76. The molecule has 0 unspecified atom stereocenters. The number of benzene rings is 1. The molecule has 6 nitrogen and oxygen atoms in total. The minimum atomic E-state index is 0.0635. The Morgan fingerprint density at radius 1 is 1.32 bits per heavy atom. The fourth-order valence-corrected chi connectivity index (χ4v) is 1.76. The summed E-state index contributed by atoms with van der Waals surface area (Å²) < 4.78 is 10.1. The number of nitrogens with zero attached hydrogens (tertiary/aromatic N) is 3. The van der Waals surface area contributed by atoms with Crippen molar-refractivity contribution in [2.75, 3.05) is 25.2 Å². The molecule has 0 radical (unpaired) electrons. The maximum Gasteiger partial charge on any atom is 0.246 e. The van der Waals surface area contributed by atoms with Crippen LogP contribution in [0.25, 0.3) is 0 Å². The molecule has 0 saturated carbocycles. The highest BCUT2D eigenvalue weighted by Crippen LogP contribution is 2.15. The van der Waals surface area contributed by atoms with Crippen LogP contribution in [0, 0.1) is 0 Å². The largest absolute Gasteiger partial charge is 0.395 e. The van der Waals surface area contributed by atoms with Gasteiger partial charge in [-0.15, -0.1) is 0 Å². The summed E-state index contributed by atoms with van der Waals surface area (Å²) in [5.41, 5.74) is 1.00. The number of anilines is 1. The molecule has 6 heteroatoms. The predicted molar refractivity (Wildman–Crippen MR) is 69.6 cm³/mol. The van der Waals surface area contributed by atoms with E-state index in [0.29, 0.717) is 31.4 Å². The SMILES string of the molecule is COCc1noc(CN(CCO)c2ccccc2)n1. The molecule has 0 spiro atoms. The van der Waals surface area contributed by atoms with Gasteiger partial charge >= 0.3 is 0 Å². The first-order chi connectivity index (χ1) is 9.33. The van der Waals surface area contributed by atoms with E-state index in [2.05, 4.69) is 10.1 Å². The minimum absolute atomic E-state index is 0.0635. The van der Waals surface area contributed by atoms with Gasteiger partial charge in [0.05, 0.1) is 13.2 Å². The van der Waals surface area contributed by atoms with Crippen molar-refractivity contribution in [2.45, 2.75) is 13.2 Å². The van der Waals surface area contributed by atoms with Gasteiger partial charge in [0.1, 0.15) is 6.61 Å². The number of rotatable bonds is 7. The lowest BCUT2D eigenvalue weighted by Gasteiger charge is -2.21. The van der Waals surface area contributed by atoms with Crippen molar-refractivity contribution >= 4 is 5.69 Å². The number of aromatic nitrogens is 2. The van der Waals surface area contributed by atoms with Crippen LogP contribution in [0.15, 0.2) is 34.9 Å². The lowest BCUT2D eigenvalue weighted by Crippen LogP contribution is -2.26. The molecular weight excluding hydrogens is 246 g/mol. The van der Waals surface area contributed by atoms with Crippen LogP contribution < -0.4 is 4.90 Å². The van der Waals surface area contributed by atoms with Gasteiger partial charge in [-0.3, -0.25) is 0 Å². The standard InChI is InChI=1S/C13H17N3O3/c1-18-10-12-14-13(19-15-12)9-16(7-8-17)11-5-3-2-4-6-11/h2-6,17H,7-10H2,1H3. The Bertz CT molecular complexity index is 487. The van der Waals surface area contributed by atoms with E-state index in [9.17, 15) is 0 Å². The average molecular weight is 263 g/mol. The molecule has 2 aromatic rings. The van der Waals surface area contributed by atoms with Crippen molar-refractivity contribution in [2.24, 2.45) is 0 Å². The number of hydrogen-bond donors (Lipinski definition) is 1. The van der Waals surface area contributed by atoms with Crippen LogP contribution in [-0.2, 0) is 17.9 Å². The number of methoxy groups -OCH3 is 1. The number of ether oxygens (including phenoxy) is 1. The van der Waals surface area contributed by atoms with Gasteiger partial charge in [0.2, 0.25) is 5.89 Å². The lowest BCUT2D eigenvalue weighted by molar-refractivity contribution is 0.174. The van der Waals surface area contributed by atoms with E-state index in [1.807, 2.05) is 35.2 Å². The second kappa shape index (κ2) is 6.86. The highest BCUT2D eigenvalue weighted by atomic mass is 16.5. The zero-order chi connectivity index (χ0) is 13.5. The molecule has 0 aliphatic carbocycles. The van der Waals surface area contributed by atoms with Crippen molar-refractivity contribution in [3.63, 3.8) is 0 Å². The Balaban J connectivity index is 2.07. The summed E-state index contributed by atoms with van der Waals surface area (Å²) in [5.74, 6) is 1.03. The molecule has 19 heavy (non-hydrogen) atoms. The summed E-state index contributed by atoms with van der Waals surface area (Å²) >= 11 is 0. The van der Waals surface area contributed by atoms with Crippen LogP contribution in [0.1, 0.15) is 11.7 Å². The molecular formula is C13H17N3O3. The van der Waals surface area contributed by atoms with Crippen LogP contribution in [0.4, 0.5) is 5.69 Å². The molecule has 0 aliphatic heterocycles. The highest BCUT2D eigenvalue weighted by molar-refractivity contribution is 5.45. The van der Waals surface area contributed by atoms with E-state index < -0.39 is 0 Å². The Kier molecular flexibility index (Phi) is 4.88. The smallest absolute Gasteiger partial charge is 0.246 e. The Labute approximate surface area is 111 Å². The Morgan fingerprint density at radius 2 is 2.11 bits per heavy atom. The first-order valence-electron chi connectivity index (χ1n) is 6.04. The first-order valence-corrected chi connectivity index (χ1v) is 6.04. The van der Waals surface area contributed by atoms with E-state index in [4.69, 9.17) is 14.4 Å². The van der Waals surface area contributed by atoms with Gasteiger partial charge in [-0.1, -0.05) is 23.4 Å². The average Bonchev–Trinajstić information content (AvgIpc) is 2.87. The molecule has 2 rings (SSSR count). The fraction of sp³-hybridized carbons (Fsp3) is 0.385. The van der Waals surface area contributed by atoms with Gasteiger partial charge in [0, 0.05) is 19.3 Å². The molecule has 0 amide bonds. The molecule has 0 atom stereocenters. The number of para-hydroxylation sites is 1. The first kappa shape index (κ1) is 13.5. The summed E-state index contributed by atoms with van der Waals surface area (Å²) in [7, 11) is 1.58. The van der Waals surface area contributed by atoms with Gasteiger partial charge in [0.25, 0.3) is 0 Å². The molecule has 0 aliphatic rings. The van der Waals surface area contributed by atoms with Crippen LogP contribution in [-0.4, -0.2) is 35.5 Å². The predicted octanol–water partition coefficient (Wildman–Crippen LogP) is 1.21. The van der Waals surface area contributed by atoms with E-state index in [1.54, 1.807) is 7.11 Å². The van der Waals surface area contributed by atoms with Gasteiger partial charge in [-0.25, -0.2) is 0 Å². The van der Waals surface area contributed by atoms with Crippen molar-refractivity contribution in [1.29, 1.82) is 0 Å². The molecule has 0 bridgehead atoms. The third-order valence-electron chi connectivity index (χ3n) is 2.60. The third-order valence-corrected chi connectivity index (χ3v) is 2.60. The van der Waals surface area contributed by atoms with Crippen molar-refractivity contribution in [1.82, 2.24) is 10.1 Å². The van der Waals surface area contributed by atoms with Gasteiger partial charge in [-0.05, 0) is 12.1 Å². The lowest BCUT2D eigenvalue weighted by atomic mass is 10.3. The Hall–Kier alpha value is -1.92. The van der Waals surface area contributed by atoms with Crippen LogP contribution in [0.2, 0.25) is 0 Å². The minimum Gasteiger partial charge on any atom is -0.395 e. The zero-order valence-corrected chi connectivity index (χ0v) is 10.8. The third kappa shape index (κ3) is 3.77. The quantitative estimate of drug-likeness (QED) is 0.809. The highest BCUT2D eigenvalue weighted by Gasteiger charge is 2.12. The molecule has 1 heterocycles. The Morgan fingerprint density at radius 3 is 2.79 bits per heavy atom.